The zero-order valence-corrected chi connectivity index (χ0v) is 14.1. The third kappa shape index (κ3) is 5.51. The summed E-state index contributed by atoms with van der Waals surface area (Å²) in [5.74, 6) is -0.0621. The molecule has 0 heterocycles. The molecule has 0 bridgehead atoms. The molecule has 0 aromatic heterocycles. The average molecular weight is 304 g/mol. The molecule has 0 saturated heterocycles. The van der Waals surface area contributed by atoms with Gasteiger partial charge in [0.05, 0.1) is 0 Å². The molecule has 0 aliphatic rings. The number of carbonyl (C=O) groups excluding carboxylic acids is 2. The van der Waals surface area contributed by atoms with Crippen molar-refractivity contribution in [3.05, 3.63) is 35.9 Å². The summed E-state index contributed by atoms with van der Waals surface area (Å²) in [5.41, 5.74) is 1.04. The van der Waals surface area contributed by atoms with E-state index in [9.17, 15) is 9.59 Å². The predicted octanol–water partition coefficient (Wildman–Crippen LogP) is 3.12. The van der Waals surface area contributed by atoms with E-state index in [4.69, 9.17) is 0 Å². The lowest BCUT2D eigenvalue weighted by atomic mass is 10.1. The van der Waals surface area contributed by atoms with Gasteiger partial charge >= 0.3 is 0 Å². The van der Waals surface area contributed by atoms with Crippen LogP contribution in [0.2, 0.25) is 0 Å². The summed E-state index contributed by atoms with van der Waals surface area (Å²) in [6, 6.07) is 9.45. The van der Waals surface area contributed by atoms with Gasteiger partial charge in [0.2, 0.25) is 11.8 Å². The van der Waals surface area contributed by atoms with Crippen molar-refractivity contribution in [2.45, 2.75) is 65.6 Å². The molecule has 1 aromatic rings. The maximum absolute atomic E-state index is 12.4. The zero-order valence-electron chi connectivity index (χ0n) is 14.1. The Labute approximate surface area is 133 Å². The van der Waals surface area contributed by atoms with E-state index in [-0.39, 0.29) is 17.9 Å². The molecule has 1 rings (SSSR count). The highest BCUT2D eigenvalue weighted by molar-refractivity contribution is 5.87. The van der Waals surface area contributed by atoms with Gasteiger partial charge in [0.25, 0.3) is 0 Å². The van der Waals surface area contributed by atoms with Crippen LogP contribution in [0.3, 0.4) is 0 Å². The number of nitrogens with one attached hydrogen (secondary N) is 1. The van der Waals surface area contributed by atoms with Gasteiger partial charge in [-0.25, -0.2) is 0 Å². The Morgan fingerprint density at radius 3 is 2.32 bits per heavy atom. The molecule has 4 heteroatoms. The third-order valence-corrected chi connectivity index (χ3v) is 3.83. The van der Waals surface area contributed by atoms with E-state index in [1.54, 1.807) is 11.8 Å². The molecule has 1 N–H and O–H groups in total. The molecule has 2 atom stereocenters. The highest BCUT2D eigenvalue weighted by Gasteiger charge is 2.25. The molecule has 0 fully saturated rings. The van der Waals surface area contributed by atoms with Gasteiger partial charge in [-0.1, -0.05) is 44.2 Å². The van der Waals surface area contributed by atoms with Gasteiger partial charge in [-0.3, -0.25) is 9.59 Å². The van der Waals surface area contributed by atoms with Gasteiger partial charge in [0, 0.05) is 19.0 Å². The van der Waals surface area contributed by atoms with Gasteiger partial charge in [-0.2, -0.15) is 0 Å². The Kier molecular flexibility index (Phi) is 7.64. The van der Waals surface area contributed by atoms with E-state index < -0.39 is 6.04 Å². The molecule has 122 valence electrons. The molecule has 0 saturated carbocycles. The molecule has 0 spiro atoms. The maximum atomic E-state index is 12.4. The second-order valence-corrected chi connectivity index (χ2v) is 5.75. The van der Waals surface area contributed by atoms with E-state index in [0.29, 0.717) is 13.0 Å². The lowest BCUT2D eigenvalue weighted by molar-refractivity contribution is -0.140. The molecule has 0 aliphatic carbocycles. The number of nitrogens with zero attached hydrogens (tertiary/aromatic N) is 1. The van der Waals surface area contributed by atoms with E-state index >= 15 is 0 Å². The van der Waals surface area contributed by atoms with Crippen molar-refractivity contribution in [1.29, 1.82) is 0 Å². The zero-order chi connectivity index (χ0) is 16.5. The number of amides is 2. The fourth-order valence-electron chi connectivity index (χ4n) is 2.19. The van der Waals surface area contributed by atoms with Crippen LogP contribution in [-0.4, -0.2) is 28.8 Å². The summed E-state index contributed by atoms with van der Waals surface area (Å²) >= 11 is 0. The molecule has 0 aliphatic heterocycles. The summed E-state index contributed by atoms with van der Waals surface area (Å²) < 4.78 is 0. The first-order valence-corrected chi connectivity index (χ1v) is 8.13. The molecular formula is C18H28N2O2. The molecule has 2 amide bonds. The van der Waals surface area contributed by atoms with E-state index in [1.165, 1.54) is 0 Å². The minimum Gasteiger partial charge on any atom is -0.352 e. The summed E-state index contributed by atoms with van der Waals surface area (Å²) in [6.45, 7) is 8.24. The minimum atomic E-state index is -0.465. The second-order valence-electron chi connectivity index (χ2n) is 5.75. The smallest absolute Gasteiger partial charge is 0.242 e. The molecule has 22 heavy (non-hydrogen) atoms. The van der Waals surface area contributed by atoms with Crippen LogP contribution in [0, 0.1) is 0 Å². The van der Waals surface area contributed by atoms with Gasteiger partial charge in [-0.15, -0.1) is 0 Å². The fourth-order valence-corrected chi connectivity index (χ4v) is 2.19. The quantitative estimate of drug-likeness (QED) is 0.802. The Balaban J connectivity index is 2.84. The van der Waals surface area contributed by atoms with Crippen molar-refractivity contribution >= 4 is 11.8 Å². The first-order chi connectivity index (χ1) is 10.5. The van der Waals surface area contributed by atoms with Crippen molar-refractivity contribution in [3.8, 4) is 0 Å². The van der Waals surface area contributed by atoms with Crippen LogP contribution in [-0.2, 0) is 16.1 Å². The van der Waals surface area contributed by atoms with Crippen molar-refractivity contribution in [3.63, 3.8) is 0 Å². The van der Waals surface area contributed by atoms with E-state index in [2.05, 4.69) is 5.32 Å². The molecule has 0 radical (unpaired) electrons. The van der Waals surface area contributed by atoms with E-state index in [0.717, 1.165) is 18.4 Å². The minimum absolute atomic E-state index is 0.0261. The van der Waals surface area contributed by atoms with Crippen LogP contribution in [0.1, 0.15) is 52.5 Å². The summed E-state index contributed by atoms with van der Waals surface area (Å²) in [7, 11) is 0. The van der Waals surface area contributed by atoms with Gasteiger partial charge < -0.3 is 10.2 Å². The van der Waals surface area contributed by atoms with Gasteiger partial charge in [0.1, 0.15) is 6.04 Å². The topological polar surface area (TPSA) is 49.4 Å². The molecule has 1 aromatic carbocycles. The monoisotopic (exact) mass is 304 g/mol. The lowest BCUT2D eigenvalue weighted by Crippen LogP contribution is -2.49. The van der Waals surface area contributed by atoms with Gasteiger partial charge in [-0.05, 0) is 32.3 Å². The Hall–Kier alpha value is -1.84. The summed E-state index contributed by atoms with van der Waals surface area (Å²) in [6.07, 6.45) is 2.12. The lowest BCUT2D eigenvalue weighted by Gasteiger charge is -2.29. The number of carbonyl (C=O) groups is 2. The normalized spacial score (nSPS) is 13.3. The van der Waals surface area contributed by atoms with Crippen LogP contribution in [0.4, 0.5) is 0 Å². The Morgan fingerprint density at radius 2 is 1.77 bits per heavy atom. The summed E-state index contributed by atoms with van der Waals surface area (Å²) in [4.78, 5) is 26.4. The highest BCUT2D eigenvalue weighted by atomic mass is 16.2. The maximum Gasteiger partial charge on any atom is 0.242 e. The first kappa shape index (κ1) is 18.2. The Bertz CT molecular complexity index is 473. The average Bonchev–Trinajstić information content (AvgIpc) is 2.52. The second kappa shape index (κ2) is 9.23. The van der Waals surface area contributed by atoms with Crippen LogP contribution in [0.15, 0.2) is 30.3 Å². The Morgan fingerprint density at radius 1 is 1.14 bits per heavy atom. The van der Waals surface area contributed by atoms with Crippen LogP contribution < -0.4 is 5.32 Å². The highest BCUT2D eigenvalue weighted by Crippen LogP contribution is 2.12. The standard InChI is InChI=1S/C18H28N2O2/c1-5-10-17(21)20(13-16-11-8-7-9-12-16)15(4)18(22)19-14(3)6-2/h7-9,11-12,14-15H,5-6,10,13H2,1-4H3,(H,19,22)/t14-,15-/m0/s1. The van der Waals surface area contributed by atoms with Crippen LogP contribution in [0.5, 0.6) is 0 Å². The molecule has 4 nitrogen and oxygen atoms in total. The fraction of sp³-hybridized carbons (Fsp3) is 0.556. The van der Waals surface area contributed by atoms with Crippen molar-refractivity contribution in [2.24, 2.45) is 0 Å². The van der Waals surface area contributed by atoms with E-state index in [1.807, 2.05) is 51.1 Å². The van der Waals surface area contributed by atoms with Crippen molar-refractivity contribution in [1.82, 2.24) is 10.2 Å². The number of benzene rings is 1. The number of hydrogen-bond donors (Lipinski definition) is 1. The summed E-state index contributed by atoms with van der Waals surface area (Å²) in [5, 5.41) is 2.96. The molecule has 0 unspecified atom stereocenters. The largest absolute Gasteiger partial charge is 0.352 e. The predicted molar refractivity (Wildman–Crippen MR) is 89.3 cm³/mol. The SMILES string of the molecule is CCCC(=O)N(Cc1ccccc1)[C@@H](C)C(=O)N[C@@H](C)CC. The first-order valence-electron chi connectivity index (χ1n) is 8.13. The van der Waals surface area contributed by atoms with Crippen molar-refractivity contribution in [2.75, 3.05) is 0 Å². The van der Waals surface area contributed by atoms with Crippen LogP contribution in [0.25, 0.3) is 0 Å². The number of rotatable bonds is 8. The molecular weight excluding hydrogens is 276 g/mol. The number of hydrogen-bond acceptors (Lipinski definition) is 2. The van der Waals surface area contributed by atoms with Crippen molar-refractivity contribution < 1.29 is 9.59 Å². The van der Waals surface area contributed by atoms with Crippen LogP contribution >= 0.6 is 0 Å². The third-order valence-electron chi connectivity index (χ3n) is 3.83. The van der Waals surface area contributed by atoms with Gasteiger partial charge in [0.15, 0.2) is 0 Å².